The highest BCUT2D eigenvalue weighted by molar-refractivity contribution is 6.11. The Hall–Kier alpha value is -1.77. The number of hydrogen-bond acceptors (Lipinski definition) is 2. The lowest BCUT2D eigenvalue weighted by molar-refractivity contribution is 0.318. The number of nitrogens with zero attached hydrogens (tertiary/aromatic N) is 1. The fraction of sp³-hybridized carbons (Fsp3) is 0.250. The van der Waals surface area contributed by atoms with E-state index in [1.165, 1.54) is 0 Å². The summed E-state index contributed by atoms with van der Waals surface area (Å²) in [7, 11) is 0. The van der Waals surface area contributed by atoms with Crippen LogP contribution < -0.4 is 0 Å². The molecule has 2 rings (SSSR count). The molecule has 0 aliphatic heterocycles. The van der Waals surface area contributed by atoms with E-state index in [1.54, 1.807) is 0 Å². The summed E-state index contributed by atoms with van der Waals surface area (Å²) in [6.07, 6.45) is 0.721. The van der Waals surface area contributed by atoms with Crippen LogP contribution in [-0.4, -0.2) is 15.9 Å². The average Bonchev–Trinajstić information content (AvgIpc) is 2.58. The Kier molecular flexibility index (Phi) is 2.46. The quantitative estimate of drug-likeness (QED) is 0.439. The topological polar surface area (TPSA) is 48.4 Å². The SMILES string of the molecule is CC/C(=N/O)c1c(C)[nH]c2ccccc12. The number of para-hydroxylation sites is 1. The normalized spacial score (nSPS) is 12.3. The van der Waals surface area contributed by atoms with Crippen LogP contribution in [0.2, 0.25) is 0 Å². The fourth-order valence-corrected chi connectivity index (χ4v) is 1.95. The highest BCUT2D eigenvalue weighted by Crippen LogP contribution is 2.23. The molecule has 1 aromatic heterocycles. The van der Waals surface area contributed by atoms with E-state index in [2.05, 4.69) is 10.1 Å². The van der Waals surface area contributed by atoms with E-state index in [0.29, 0.717) is 0 Å². The van der Waals surface area contributed by atoms with Crippen molar-refractivity contribution in [3.05, 3.63) is 35.5 Å². The summed E-state index contributed by atoms with van der Waals surface area (Å²) in [4.78, 5) is 3.28. The fourth-order valence-electron chi connectivity index (χ4n) is 1.95. The zero-order valence-electron chi connectivity index (χ0n) is 8.91. The molecule has 0 aliphatic carbocycles. The Morgan fingerprint density at radius 2 is 2.13 bits per heavy atom. The molecule has 2 aromatic rings. The van der Waals surface area contributed by atoms with Crippen molar-refractivity contribution in [2.24, 2.45) is 5.16 Å². The zero-order chi connectivity index (χ0) is 10.8. The van der Waals surface area contributed by atoms with Crippen molar-refractivity contribution >= 4 is 16.6 Å². The molecular formula is C12H14N2O. The van der Waals surface area contributed by atoms with E-state index in [-0.39, 0.29) is 0 Å². The first kappa shape index (κ1) is 9.77. The Balaban J connectivity index is 2.74. The number of aromatic nitrogens is 1. The summed E-state index contributed by atoms with van der Waals surface area (Å²) in [5.74, 6) is 0. The first-order chi connectivity index (χ1) is 7.27. The molecule has 0 unspecified atom stereocenters. The van der Waals surface area contributed by atoms with Crippen molar-refractivity contribution in [3.8, 4) is 0 Å². The van der Waals surface area contributed by atoms with Crippen LogP contribution in [0.5, 0.6) is 0 Å². The molecule has 0 spiro atoms. The van der Waals surface area contributed by atoms with Crippen molar-refractivity contribution in [3.63, 3.8) is 0 Å². The van der Waals surface area contributed by atoms with Gasteiger partial charge in [0.15, 0.2) is 0 Å². The van der Waals surface area contributed by atoms with Crippen molar-refractivity contribution in [2.45, 2.75) is 20.3 Å². The van der Waals surface area contributed by atoms with Crippen LogP contribution >= 0.6 is 0 Å². The highest BCUT2D eigenvalue weighted by Gasteiger charge is 2.12. The maximum absolute atomic E-state index is 8.96. The van der Waals surface area contributed by atoms with Crippen LogP contribution in [0, 0.1) is 6.92 Å². The summed E-state index contributed by atoms with van der Waals surface area (Å²) in [6.45, 7) is 3.98. The molecule has 0 saturated heterocycles. The lowest BCUT2D eigenvalue weighted by atomic mass is 10.0. The molecule has 3 heteroatoms. The molecule has 0 bridgehead atoms. The van der Waals surface area contributed by atoms with Crippen molar-refractivity contribution in [1.82, 2.24) is 4.98 Å². The van der Waals surface area contributed by atoms with E-state index in [4.69, 9.17) is 5.21 Å². The monoisotopic (exact) mass is 202 g/mol. The third-order valence-corrected chi connectivity index (χ3v) is 2.64. The highest BCUT2D eigenvalue weighted by atomic mass is 16.4. The largest absolute Gasteiger partial charge is 0.411 e. The number of nitrogens with one attached hydrogen (secondary N) is 1. The molecule has 15 heavy (non-hydrogen) atoms. The Bertz CT molecular complexity index is 511. The Morgan fingerprint density at radius 3 is 2.80 bits per heavy atom. The minimum Gasteiger partial charge on any atom is -0.411 e. The second-order valence-corrected chi connectivity index (χ2v) is 3.57. The molecule has 1 heterocycles. The summed E-state index contributed by atoms with van der Waals surface area (Å²) in [5, 5.41) is 13.4. The van der Waals surface area contributed by atoms with Gasteiger partial charge in [-0.25, -0.2) is 0 Å². The van der Waals surface area contributed by atoms with Crippen molar-refractivity contribution in [1.29, 1.82) is 0 Å². The molecule has 3 nitrogen and oxygen atoms in total. The van der Waals surface area contributed by atoms with Gasteiger partial charge in [-0.15, -0.1) is 0 Å². The number of oxime groups is 1. The number of rotatable bonds is 2. The molecule has 78 valence electrons. The standard InChI is InChI=1S/C12H14N2O/c1-3-10(14-15)12-8(2)13-11-7-5-4-6-9(11)12/h4-7,13,15H,3H2,1-2H3/b14-10-. The molecular weight excluding hydrogens is 188 g/mol. The van der Waals surface area contributed by atoms with Gasteiger partial charge < -0.3 is 10.2 Å². The van der Waals surface area contributed by atoms with Gasteiger partial charge in [-0.1, -0.05) is 30.3 Å². The van der Waals surface area contributed by atoms with Crippen LogP contribution in [0.15, 0.2) is 29.4 Å². The molecule has 1 aromatic carbocycles. The Morgan fingerprint density at radius 1 is 1.40 bits per heavy atom. The summed E-state index contributed by atoms with van der Waals surface area (Å²) in [5.41, 5.74) is 3.88. The minimum atomic E-state index is 0.721. The van der Waals surface area contributed by atoms with E-state index in [0.717, 1.165) is 34.3 Å². The van der Waals surface area contributed by atoms with Crippen LogP contribution in [0.1, 0.15) is 24.6 Å². The van der Waals surface area contributed by atoms with Crippen molar-refractivity contribution < 1.29 is 5.21 Å². The van der Waals surface area contributed by atoms with Gasteiger partial charge in [0.2, 0.25) is 0 Å². The number of hydrogen-bond donors (Lipinski definition) is 2. The van der Waals surface area contributed by atoms with Gasteiger partial charge in [0.05, 0.1) is 5.71 Å². The van der Waals surface area contributed by atoms with Gasteiger partial charge in [-0.2, -0.15) is 0 Å². The smallest absolute Gasteiger partial charge is 0.0889 e. The molecule has 0 fully saturated rings. The van der Waals surface area contributed by atoms with Gasteiger partial charge in [-0.05, 0) is 19.4 Å². The second kappa shape index (κ2) is 3.77. The predicted molar refractivity (Wildman–Crippen MR) is 61.7 cm³/mol. The maximum atomic E-state index is 8.96. The van der Waals surface area contributed by atoms with Crippen LogP contribution in [-0.2, 0) is 0 Å². The maximum Gasteiger partial charge on any atom is 0.0889 e. The van der Waals surface area contributed by atoms with Gasteiger partial charge in [0, 0.05) is 22.2 Å². The van der Waals surface area contributed by atoms with Crippen LogP contribution in [0.25, 0.3) is 10.9 Å². The lowest BCUT2D eigenvalue weighted by Crippen LogP contribution is -1.99. The van der Waals surface area contributed by atoms with Crippen LogP contribution in [0.3, 0.4) is 0 Å². The van der Waals surface area contributed by atoms with Gasteiger partial charge in [-0.3, -0.25) is 0 Å². The van der Waals surface area contributed by atoms with Gasteiger partial charge in [0.25, 0.3) is 0 Å². The van der Waals surface area contributed by atoms with Gasteiger partial charge >= 0.3 is 0 Å². The third kappa shape index (κ3) is 1.50. The molecule has 0 amide bonds. The number of fused-ring (bicyclic) bond motifs is 1. The third-order valence-electron chi connectivity index (χ3n) is 2.64. The van der Waals surface area contributed by atoms with E-state index in [1.807, 2.05) is 38.1 Å². The average molecular weight is 202 g/mol. The Labute approximate surface area is 88.4 Å². The zero-order valence-corrected chi connectivity index (χ0v) is 8.91. The number of benzene rings is 1. The van der Waals surface area contributed by atoms with Crippen LogP contribution in [0.4, 0.5) is 0 Å². The molecule has 2 N–H and O–H groups in total. The number of H-pyrrole nitrogens is 1. The number of aryl methyl sites for hydroxylation is 1. The first-order valence-electron chi connectivity index (χ1n) is 5.06. The first-order valence-corrected chi connectivity index (χ1v) is 5.06. The minimum absolute atomic E-state index is 0.721. The number of aromatic amines is 1. The van der Waals surface area contributed by atoms with Gasteiger partial charge in [0.1, 0.15) is 0 Å². The molecule has 0 saturated carbocycles. The molecule has 0 atom stereocenters. The van der Waals surface area contributed by atoms with E-state index in [9.17, 15) is 0 Å². The molecule has 0 aliphatic rings. The predicted octanol–water partition coefficient (Wildman–Crippen LogP) is 3.06. The van der Waals surface area contributed by atoms with E-state index < -0.39 is 0 Å². The lowest BCUT2D eigenvalue weighted by Gasteiger charge is -2.00. The summed E-state index contributed by atoms with van der Waals surface area (Å²) >= 11 is 0. The van der Waals surface area contributed by atoms with E-state index >= 15 is 0 Å². The summed E-state index contributed by atoms with van der Waals surface area (Å²) < 4.78 is 0. The summed E-state index contributed by atoms with van der Waals surface area (Å²) in [6, 6.07) is 8.04. The van der Waals surface area contributed by atoms with Crippen molar-refractivity contribution in [2.75, 3.05) is 0 Å². The molecule has 0 radical (unpaired) electrons. The second-order valence-electron chi connectivity index (χ2n) is 3.57.